The molecule has 0 amide bonds. The van der Waals surface area contributed by atoms with Crippen molar-refractivity contribution in [2.24, 2.45) is 5.92 Å². The van der Waals surface area contributed by atoms with Crippen LogP contribution in [-0.2, 0) is 0 Å². The maximum atomic E-state index is 11.7. The lowest BCUT2D eigenvalue weighted by Crippen LogP contribution is -2.39. The summed E-state index contributed by atoms with van der Waals surface area (Å²) in [7, 11) is 0. The van der Waals surface area contributed by atoms with Gasteiger partial charge in [-0.25, -0.2) is 0 Å². The molecule has 5 nitrogen and oxygen atoms in total. The summed E-state index contributed by atoms with van der Waals surface area (Å²) in [6.07, 6.45) is 6.25. The number of hydrogen-bond donors (Lipinski definition) is 0. The van der Waals surface area contributed by atoms with Crippen LogP contribution in [-0.4, -0.2) is 17.5 Å². The van der Waals surface area contributed by atoms with Crippen LogP contribution in [0.15, 0.2) is 18.2 Å². The average molecular weight is 343 g/mol. The van der Waals surface area contributed by atoms with E-state index in [1.54, 1.807) is 6.07 Å². The van der Waals surface area contributed by atoms with Crippen molar-refractivity contribution >= 4 is 11.4 Å². The number of nitriles is 1. The van der Waals surface area contributed by atoms with E-state index in [1.165, 1.54) is 19.3 Å². The van der Waals surface area contributed by atoms with Crippen LogP contribution in [0.25, 0.3) is 0 Å². The lowest BCUT2D eigenvalue weighted by molar-refractivity contribution is -0.384. The summed E-state index contributed by atoms with van der Waals surface area (Å²) in [6.45, 7) is 7.09. The maximum absolute atomic E-state index is 11.7. The summed E-state index contributed by atoms with van der Waals surface area (Å²) < 4.78 is 0. The van der Waals surface area contributed by atoms with Crippen LogP contribution in [0.2, 0.25) is 0 Å². The minimum atomic E-state index is -0.270. The third-order valence-electron chi connectivity index (χ3n) is 5.05. The molecule has 0 bridgehead atoms. The molecule has 1 aromatic rings. The minimum absolute atomic E-state index is 0.00554. The first-order valence-electron chi connectivity index (χ1n) is 9.36. The van der Waals surface area contributed by atoms with Gasteiger partial charge >= 0.3 is 0 Å². The van der Waals surface area contributed by atoms with E-state index in [2.05, 4.69) is 24.8 Å². The van der Waals surface area contributed by atoms with Gasteiger partial charge in [-0.2, -0.15) is 5.26 Å². The first-order valence-corrected chi connectivity index (χ1v) is 9.36. The zero-order valence-electron chi connectivity index (χ0n) is 15.6. The van der Waals surface area contributed by atoms with Gasteiger partial charge in [0.25, 0.3) is 5.69 Å². The van der Waals surface area contributed by atoms with Gasteiger partial charge in [0.1, 0.15) is 5.69 Å². The molecular weight excluding hydrogens is 314 g/mol. The van der Waals surface area contributed by atoms with Gasteiger partial charge in [0.15, 0.2) is 0 Å². The monoisotopic (exact) mass is 343 g/mol. The molecule has 1 aliphatic carbocycles. The molecule has 0 N–H and O–H groups in total. The Kier molecular flexibility index (Phi) is 6.81. The van der Waals surface area contributed by atoms with Crippen molar-refractivity contribution in [2.75, 3.05) is 11.4 Å². The van der Waals surface area contributed by atoms with E-state index >= 15 is 0 Å². The lowest BCUT2D eigenvalue weighted by Gasteiger charge is -2.37. The molecule has 1 saturated carbocycles. The molecule has 1 aromatic carbocycles. The van der Waals surface area contributed by atoms with Crippen LogP contribution in [0.4, 0.5) is 11.4 Å². The molecule has 0 aliphatic heterocycles. The molecule has 136 valence electrons. The number of benzene rings is 1. The van der Waals surface area contributed by atoms with Gasteiger partial charge < -0.3 is 4.90 Å². The molecule has 0 spiro atoms. The van der Waals surface area contributed by atoms with Gasteiger partial charge in [0.05, 0.1) is 11.0 Å². The Morgan fingerprint density at radius 1 is 1.28 bits per heavy atom. The van der Waals surface area contributed by atoms with Gasteiger partial charge in [0, 0.05) is 25.1 Å². The molecule has 0 heterocycles. The number of nitrogens with zero attached hydrogens (tertiary/aromatic N) is 3. The van der Waals surface area contributed by atoms with Crippen molar-refractivity contribution in [2.45, 2.75) is 71.3 Å². The Balaban J connectivity index is 2.41. The number of anilines is 1. The van der Waals surface area contributed by atoms with Crippen LogP contribution in [0, 0.1) is 27.4 Å². The topological polar surface area (TPSA) is 70.2 Å². The highest BCUT2D eigenvalue weighted by Gasteiger charge is 2.28. The van der Waals surface area contributed by atoms with Crippen LogP contribution in [0.1, 0.15) is 70.8 Å². The molecular formula is C20H29N3O2. The average Bonchev–Trinajstić information content (AvgIpc) is 2.60. The fourth-order valence-corrected chi connectivity index (χ4v) is 3.72. The van der Waals surface area contributed by atoms with E-state index in [0.717, 1.165) is 30.6 Å². The van der Waals surface area contributed by atoms with E-state index in [4.69, 9.17) is 5.26 Å². The fraction of sp³-hybridized carbons (Fsp3) is 0.650. The second kappa shape index (κ2) is 8.84. The molecule has 2 rings (SSSR count). The number of rotatable bonds is 7. The second-order valence-corrected chi connectivity index (χ2v) is 7.61. The summed E-state index contributed by atoms with van der Waals surface area (Å²) >= 11 is 0. The van der Waals surface area contributed by atoms with Crippen LogP contribution in [0.3, 0.4) is 0 Å². The molecule has 1 aliphatic rings. The largest absolute Gasteiger partial charge is 0.363 e. The van der Waals surface area contributed by atoms with E-state index < -0.39 is 0 Å². The van der Waals surface area contributed by atoms with Crippen LogP contribution in [0.5, 0.6) is 0 Å². The highest BCUT2D eigenvalue weighted by molar-refractivity contribution is 5.65. The van der Waals surface area contributed by atoms with Crippen molar-refractivity contribution in [1.82, 2.24) is 0 Å². The normalized spacial score (nSPS) is 16.4. The summed E-state index contributed by atoms with van der Waals surface area (Å²) in [5.41, 5.74) is 1.78. The summed E-state index contributed by atoms with van der Waals surface area (Å²) in [5.74, 6) is 0.449. The number of hydrogen-bond acceptors (Lipinski definition) is 4. The summed E-state index contributed by atoms with van der Waals surface area (Å²) in [5, 5.41) is 20.6. The molecule has 25 heavy (non-hydrogen) atoms. The Bertz CT molecular complexity index is 630. The van der Waals surface area contributed by atoms with E-state index in [-0.39, 0.29) is 16.5 Å². The van der Waals surface area contributed by atoms with E-state index in [9.17, 15) is 10.1 Å². The molecule has 0 aromatic heterocycles. The van der Waals surface area contributed by atoms with Crippen molar-refractivity contribution in [3.8, 4) is 6.07 Å². The van der Waals surface area contributed by atoms with Gasteiger partial charge in [-0.1, -0.05) is 46.1 Å². The van der Waals surface area contributed by atoms with E-state index in [0.29, 0.717) is 18.4 Å². The number of nitro groups is 1. The smallest absolute Gasteiger partial charge is 0.292 e. The third kappa shape index (κ3) is 4.94. The first-order chi connectivity index (χ1) is 11.9. The second-order valence-electron chi connectivity index (χ2n) is 7.61. The molecule has 5 heteroatoms. The quantitative estimate of drug-likeness (QED) is 0.490. The summed E-state index contributed by atoms with van der Waals surface area (Å²) in [4.78, 5) is 13.7. The molecule has 0 radical (unpaired) electrons. The molecule has 1 unspecified atom stereocenters. The fourth-order valence-electron chi connectivity index (χ4n) is 3.72. The Labute approximate surface area is 150 Å². The molecule has 1 atom stereocenters. The molecule has 0 saturated heterocycles. The number of nitro benzene ring substituents is 1. The highest BCUT2D eigenvalue weighted by atomic mass is 16.6. The van der Waals surface area contributed by atoms with Crippen LogP contribution < -0.4 is 4.90 Å². The predicted molar refractivity (Wildman–Crippen MR) is 101 cm³/mol. The van der Waals surface area contributed by atoms with E-state index in [1.807, 2.05) is 19.1 Å². The van der Waals surface area contributed by atoms with Crippen LogP contribution >= 0.6 is 0 Å². The highest BCUT2D eigenvalue weighted by Crippen LogP contribution is 2.36. The zero-order valence-corrected chi connectivity index (χ0v) is 15.6. The zero-order chi connectivity index (χ0) is 18.4. The SMILES string of the molecule is CC(C)CN(c1ccc(C(C)CC#N)cc1[N+](=O)[O-])C1CCCCC1. The van der Waals surface area contributed by atoms with Crippen molar-refractivity contribution in [3.63, 3.8) is 0 Å². The minimum Gasteiger partial charge on any atom is -0.363 e. The lowest BCUT2D eigenvalue weighted by atomic mass is 9.92. The Morgan fingerprint density at radius 3 is 2.52 bits per heavy atom. The van der Waals surface area contributed by atoms with Crippen molar-refractivity contribution in [3.05, 3.63) is 33.9 Å². The predicted octanol–water partition coefficient (Wildman–Crippen LogP) is 5.41. The maximum Gasteiger partial charge on any atom is 0.292 e. The first kappa shape index (κ1) is 19.2. The van der Waals surface area contributed by atoms with Crippen molar-refractivity contribution in [1.29, 1.82) is 5.26 Å². The van der Waals surface area contributed by atoms with Gasteiger partial charge in [0.2, 0.25) is 0 Å². The molecule has 1 fully saturated rings. The van der Waals surface area contributed by atoms with Gasteiger partial charge in [-0.05, 0) is 36.3 Å². The van der Waals surface area contributed by atoms with Gasteiger partial charge in [-0.15, -0.1) is 0 Å². The Hall–Kier alpha value is -2.09. The van der Waals surface area contributed by atoms with Crippen molar-refractivity contribution < 1.29 is 4.92 Å². The van der Waals surface area contributed by atoms with Gasteiger partial charge in [-0.3, -0.25) is 10.1 Å². The third-order valence-corrected chi connectivity index (χ3v) is 5.05. The standard InChI is InChI=1S/C20H29N3O2/c1-15(2)14-22(18-7-5-4-6-8-18)19-10-9-17(16(3)11-12-21)13-20(19)23(24)25/h9-10,13,15-16,18H,4-8,11,14H2,1-3H3. The Morgan fingerprint density at radius 2 is 1.96 bits per heavy atom. The summed E-state index contributed by atoms with van der Waals surface area (Å²) in [6, 6.07) is 8.07.